The lowest BCUT2D eigenvalue weighted by Gasteiger charge is -2.23. The fourth-order valence-electron chi connectivity index (χ4n) is 2.55. The summed E-state index contributed by atoms with van der Waals surface area (Å²) in [4.78, 5) is 11.7. The highest BCUT2D eigenvalue weighted by atomic mass is 35.5. The molecule has 0 spiro atoms. The quantitative estimate of drug-likeness (QED) is 0.796. The number of ether oxygens (including phenoxy) is 2. The molecule has 0 radical (unpaired) electrons. The van der Waals surface area contributed by atoms with E-state index in [1.165, 1.54) is 12.8 Å². The van der Waals surface area contributed by atoms with Gasteiger partial charge in [0.2, 0.25) is 0 Å². The van der Waals surface area contributed by atoms with Gasteiger partial charge in [0.1, 0.15) is 0 Å². The van der Waals surface area contributed by atoms with Gasteiger partial charge in [0.25, 0.3) is 0 Å². The second-order valence-electron chi connectivity index (χ2n) is 5.04. The fourth-order valence-corrected chi connectivity index (χ4v) is 2.55. The molecular weight excluding hydrogens is 254 g/mol. The van der Waals surface area contributed by atoms with Crippen molar-refractivity contribution in [2.75, 3.05) is 32.9 Å². The standard InChI is InChI=1S/C13H23NO3.ClH/c15-13(12-4-8-16-9-5-12)17-10-3-11-1-6-14-7-2-11;/h11-12,14H,1-10H2;1H. The van der Waals surface area contributed by atoms with E-state index >= 15 is 0 Å². The van der Waals surface area contributed by atoms with Crippen LogP contribution in [0.25, 0.3) is 0 Å². The van der Waals surface area contributed by atoms with Gasteiger partial charge in [-0.3, -0.25) is 4.79 Å². The van der Waals surface area contributed by atoms with Crippen molar-refractivity contribution in [3.05, 3.63) is 0 Å². The van der Waals surface area contributed by atoms with Crippen LogP contribution in [0.5, 0.6) is 0 Å². The lowest BCUT2D eigenvalue weighted by atomic mass is 9.95. The molecule has 2 saturated heterocycles. The Bertz CT molecular complexity index is 238. The predicted molar refractivity (Wildman–Crippen MR) is 72.0 cm³/mol. The van der Waals surface area contributed by atoms with E-state index in [1.807, 2.05) is 0 Å². The van der Waals surface area contributed by atoms with Crippen LogP contribution >= 0.6 is 12.4 Å². The third-order valence-electron chi connectivity index (χ3n) is 3.78. The minimum atomic E-state index is -0.0118. The maximum Gasteiger partial charge on any atom is 0.309 e. The summed E-state index contributed by atoms with van der Waals surface area (Å²) in [5.41, 5.74) is 0. The minimum Gasteiger partial charge on any atom is -0.465 e. The van der Waals surface area contributed by atoms with Gasteiger partial charge in [0.15, 0.2) is 0 Å². The highest BCUT2D eigenvalue weighted by molar-refractivity contribution is 5.85. The summed E-state index contributed by atoms with van der Waals surface area (Å²) in [5, 5.41) is 3.34. The van der Waals surface area contributed by atoms with E-state index in [1.54, 1.807) is 0 Å². The topological polar surface area (TPSA) is 47.6 Å². The normalized spacial score (nSPS) is 22.2. The Morgan fingerprint density at radius 2 is 1.83 bits per heavy atom. The van der Waals surface area contributed by atoms with Crippen LogP contribution in [-0.4, -0.2) is 38.9 Å². The Kier molecular flexibility index (Phi) is 7.63. The zero-order valence-corrected chi connectivity index (χ0v) is 11.7. The third kappa shape index (κ3) is 5.12. The van der Waals surface area contributed by atoms with E-state index in [-0.39, 0.29) is 24.3 Å². The Morgan fingerprint density at radius 3 is 2.50 bits per heavy atom. The molecule has 2 aliphatic heterocycles. The molecule has 1 N–H and O–H groups in total. The summed E-state index contributed by atoms with van der Waals surface area (Å²) in [6, 6.07) is 0. The van der Waals surface area contributed by atoms with Crippen LogP contribution in [-0.2, 0) is 14.3 Å². The average molecular weight is 278 g/mol. The number of carbonyl (C=O) groups excluding carboxylic acids is 1. The molecule has 5 heteroatoms. The Morgan fingerprint density at radius 1 is 1.17 bits per heavy atom. The Hall–Kier alpha value is -0.320. The second-order valence-corrected chi connectivity index (χ2v) is 5.04. The van der Waals surface area contributed by atoms with Crippen LogP contribution in [0.3, 0.4) is 0 Å². The van der Waals surface area contributed by atoms with Crippen LogP contribution in [0.4, 0.5) is 0 Å². The summed E-state index contributed by atoms with van der Waals surface area (Å²) in [5.74, 6) is 0.803. The van der Waals surface area contributed by atoms with Crippen molar-refractivity contribution in [3.8, 4) is 0 Å². The Balaban J connectivity index is 0.00000162. The lowest BCUT2D eigenvalue weighted by Crippen LogP contribution is -2.29. The molecular formula is C13H24ClNO3. The van der Waals surface area contributed by atoms with Crippen molar-refractivity contribution < 1.29 is 14.3 Å². The van der Waals surface area contributed by atoms with E-state index in [2.05, 4.69) is 5.32 Å². The summed E-state index contributed by atoms with van der Waals surface area (Å²) >= 11 is 0. The first kappa shape index (κ1) is 15.7. The van der Waals surface area contributed by atoms with Gasteiger partial charge in [0, 0.05) is 13.2 Å². The number of nitrogens with one attached hydrogen (secondary N) is 1. The lowest BCUT2D eigenvalue weighted by molar-refractivity contribution is -0.152. The molecule has 2 fully saturated rings. The summed E-state index contributed by atoms with van der Waals surface area (Å²) in [6.07, 6.45) is 5.11. The molecule has 0 bridgehead atoms. The molecule has 0 aromatic rings. The molecule has 0 aliphatic carbocycles. The van der Waals surface area contributed by atoms with Crippen LogP contribution in [0, 0.1) is 11.8 Å². The van der Waals surface area contributed by atoms with Crippen molar-refractivity contribution in [1.29, 1.82) is 0 Å². The number of piperidine rings is 1. The number of hydrogen-bond donors (Lipinski definition) is 1. The molecule has 0 atom stereocenters. The molecule has 4 nitrogen and oxygen atoms in total. The van der Waals surface area contributed by atoms with Gasteiger partial charge < -0.3 is 14.8 Å². The maximum absolute atomic E-state index is 11.7. The number of halogens is 1. The SMILES string of the molecule is Cl.O=C(OCCC1CCNCC1)C1CCOCC1. The van der Waals surface area contributed by atoms with Gasteiger partial charge in [-0.1, -0.05) is 0 Å². The zero-order valence-electron chi connectivity index (χ0n) is 10.9. The fraction of sp³-hybridized carbons (Fsp3) is 0.923. The Labute approximate surface area is 115 Å². The number of hydrogen-bond acceptors (Lipinski definition) is 4. The first-order valence-electron chi connectivity index (χ1n) is 6.81. The van der Waals surface area contributed by atoms with E-state index in [9.17, 15) is 4.79 Å². The van der Waals surface area contributed by atoms with Gasteiger partial charge in [-0.25, -0.2) is 0 Å². The zero-order chi connectivity index (χ0) is 11.9. The molecule has 106 valence electrons. The van der Waals surface area contributed by atoms with Gasteiger partial charge in [-0.2, -0.15) is 0 Å². The number of esters is 1. The first-order chi connectivity index (χ1) is 8.36. The monoisotopic (exact) mass is 277 g/mol. The molecule has 2 heterocycles. The summed E-state index contributed by atoms with van der Waals surface area (Å²) in [6.45, 7) is 4.22. The predicted octanol–water partition coefficient (Wildman–Crippen LogP) is 1.77. The third-order valence-corrected chi connectivity index (χ3v) is 3.78. The van der Waals surface area contributed by atoms with Crippen molar-refractivity contribution in [2.24, 2.45) is 11.8 Å². The molecule has 2 aliphatic rings. The maximum atomic E-state index is 11.7. The molecule has 0 saturated carbocycles. The van der Waals surface area contributed by atoms with Crippen LogP contribution in [0.2, 0.25) is 0 Å². The largest absolute Gasteiger partial charge is 0.465 e. The highest BCUT2D eigenvalue weighted by Gasteiger charge is 2.23. The van der Waals surface area contributed by atoms with E-state index in [4.69, 9.17) is 9.47 Å². The van der Waals surface area contributed by atoms with Crippen LogP contribution in [0.15, 0.2) is 0 Å². The van der Waals surface area contributed by atoms with Crippen molar-refractivity contribution >= 4 is 18.4 Å². The smallest absolute Gasteiger partial charge is 0.309 e. The van der Waals surface area contributed by atoms with Crippen molar-refractivity contribution in [1.82, 2.24) is 5.32 Å². The average Bonchev–Trinajstić information content (AvgIpc) is 2.41. The van der Waals surface area contributed by atoms with Crippen molar-refractivity contribution in [3.63, 3.8) is 0 Å². The molecule has 0 aromatic carbocycles. The van der Waals surface area contributed by atoms with Gasteiger partial charge in [-0.15, -0.1) is 12.4 Å². The summed E-state index contributed by atoms with van der Waals surface area (Å²) < 4.78 is 10.6. The molecule has 0 amide bonds. The molecule has 0 unspecified atom stereocenters. The highest BCUT2D eigenvalue weighted by Crippen LogP contribution is 2.18. The van der Waals surface area contributed by atoms with Gasteiger partial charge >= 0.3 is 5.97 Å². The van der Waals surface area contributed by atoms with Crippen LogP contribution in [0.1, 0.15) is 32.1 Å². The molecule has 2 rings (SSSR count). The first-order valence-corrected chi connectivity index (χ1v) is 6.81. The molecule has 0 aromatic heterocycles. The second kappa shape index (κ2) is 8.73. The van der Waals surface area contributed by atoms with E-state index in [0.29, 0.717) is 19.8 Å². The van der Waals surface area contributed by atoms with E-state index < -0.39 is 0 Å². The minimum absolute atomic E-state index is 0. The number of rotatable bonds is 4. The molecule has 18 heavy (non-hydrogen) atoms. The van der Waals surface area contributed by atoms with Gasteiger partial charge in [-0.05, 0) is 51.1 Å². The van der Waals surface area contributed by atoms with E-state index in [0.717, 1.165) is 38.3 Å². The van der Waals surface area contributed by atoms with Gasteiger partial charge in [0.05, 0.1) is 12.5 Å². The summed E-state index contributed by atoms with van der Waals surface area (Å²) in [7, 11) is 0. The van der Waals surface area contributed by atoms with Crippen LogP contribution < -0.4 is 5.32 Å². The number of carbonyl (C=O) groups is 1. The van der Waals surface area contributed by atoms with Crippen molar-refractivity contribution in [2.45, 2.75) is 32.1 Å².